The van der Waals surface area contributed by atoms with Gasteiger partial charge in [-0.05, 0) is 24.7 Å². The maximum Gasteiger partial charge on any atom is 0.295 e. The third-order valence-corrected chi connectivity index (χ3v) is 4.04. The van der Waals surface area contributed by atoms with E-state index in [9.17, 15) is 8.42 Å². The summed E-state index contributed by atoms with van der Waals surface area (Å²) in [6.45, 7) is 3.89. The number of hydrogen-bond acceptors (Lipinski definition) is 2. The molecule has 0 fully saturated rings. The van der Waals surface area contributed by atoms with Crippen LogP contribution in [0.15, 0.2) is 29.2 Å². The smallest absolute Gasteiger partial charge is 0.282 e. The molecule has 3 nitrogen and oxygen atoms in total. The number of benzene rings is 1. The lowest BCUT2D eigenvalue weighted by atomic mass is 10.4. The normalized spacial score (nSPS) is 12.0. The van der Waals surface area contributed by atoms with Crippen molar-refractivity contribution in [2.45, 2.75) is 4.90 Å². The predicted octanol–water partition coefficient (Wildman–Crippen LogP) is 1.30. The van der Waals surface area contributed by atoms with Gasteiger partial charge in [-0.1, -0.05) is 26.1 Å². The second-order valence-electron chi connectivity index (χ2n) is 2.84. The number of hydrogen-bond donors (Lipinski definition) is 1. The molecule has 0 spiro atoms. The molecule has 0 aliphatic heterocycles. The fourth-order valence-electron chi connectivity index (χ4n) is 1.04. The molecule has 0 aliphatic rings. The lowest BCUT2D eigenvalue weighted by Gasteiger charge is -2.09. The minimum atomic E-state index is -4.06. The third kappa shape index (κ3) is 2.50. The predicted molar refractivity (Wildman–Crippen MR) is 54.7 cm³/mol. The van der Waals surface area contributed by atoms with Gasteiger partial charge in [-0.3, -0.25) is 4.55 Å². The topological polar surface area (TPSA) is 54.4 Å². The number of rotatable bonds is 2. The Morgan fingerprint density at radius 1 is 1.23 bits per heavy atom. The maximum atomic E-state index is 10.9. The first-order valence-corrected chi connectivity index (χ1v) is 7.34. The van der Waals surface area contributed by atoms with E-state index < -0.39 is 18.0 Å². The summed E-state index contributed by atoms with van der Waals surface area (Å²) in [5.74, 6) is 0. The van der Waals surface area contributed by atoms with Gasteiger partial charge in [-0.25, -0.2) is 0 Å². The molecule has 0 atom stereocenters. The fraction of sp³-hybridized carbons (Fsp3) is 0.250. The summed E-state index contributed by atoms with van der Waals surface area (Å²) in [6.07, 6.45) is 0. The van der Waals surface area contributed by atoms with Crippen molar-refractivity contribution in [3.05, 3.63) is 24.3 Å². The standard InChI is InChI=1S/C8H11O3PS/c1-12(2)7-5-3-4-6-8(7)13(9,10)11/h3-6H,1-2H3,(H,9,10,11). The van der Waals surface area contributed by atoms with Crippen LogP contribution >= 0.6 is 7.92 Å². The molecular weight excluding hydrogens is 207 g/mol. The Labute approximate surface area is 79.3 Å². The van der Waals surface area contributed by atoms with Crippen LogP contribution in [0.5, 0.6) is 0 Å². The summed E-state index contributed by atoms with van der Waals surface area (Å²) in [5.41, 5.74) is 0. The van der Waals surface area contributed by atoms with Crippen molar-refractivity contribution in [1.29, 1.82) is 0 Å². The molecule has 0 aromatic heterocycles. The van der Waals surface area contributed by atoms with Gasteiger partial charge in [0.1, 0.15) is 4.90 Å². The van der Waals surface area contributed by atoms with Crippen LogP contribution in [-0.2, 0) is 10.1 Å². The van der Waals surface area contributed by atoms with E-state index in [0.29, 0.717) is 5.30 Å². The molecule has 13 heavy (non-hydrogen) atoms. The largest absolute Gasteiger partial charge is 0.295 e. The van der Waals surface area contributed by atoms with Crippen molar-refractivity contribution in [3.63, 3.8) is 0 Å². The Morgan fingerprint density at radius 2 is 1.77 bits per heavy atom. The van der Waals surface area contributed by atoms with E-state index in [2.05, 4.69) is 0 Å². The first kappa shape index (κ1) is 10.6. The van der Waals surface area contributed by atoms with Crippen molar-refractivity contribution < 1.29 is 13.0 Å². The van der Waals surface area contributed by atoms with E-state index in [4.69, 9.17) is 4.55 Å². The first-order chi connectivity index (χ1) is 5.93. The second-order valence-corrected chi connectivity index (χ2v) is 6.50. The molecule has 5 heteroatoms. The molecule has 0 bridgehead atoms. The molecule has 0 aliphatic carbocycles. The van der Waals surface area contributed by atoms with Crippen LogP contribution < -0.4 is 5.30 Å². The Balaban J connectivity index is 3.37. The van der Waals surface area contributed by atoms with E-state index in [-0.39, 0.29) is 4.90 Å². The van der Waals surface area contributed by atoms with Crippen molar-refractivity contribution in [2.75, 3.05) is 13.3 Å². The Bertz CT molecular complexity index is 398. The van der Waals surface area contributed by atoms with Crippen LogP contribution in [0, 0.1) is 0 Å². The molecule has 72 valence electrons. The lowest BCUT2D eigenvalue weighted by molar-refractivity contribution is 0.484. The minimum absolute atomic E-state index is 0.0334. The summed E-state index contributed by atoms with van der Waals surface area (Å²) in [5, 5.41) is 0.708. The third-order valence-electron chi connectivity index (χ3n) is 1.62. The summed E-state index contributed by atoms with van der Waals surface area (Å²) >= 11 is 0. The molecule has 0 unspecified atom stereocenters. The van der Waals surface area contributed by atoms with Crippen LogP contribution in [0.25, 0.3) is 0 Å². The van der Waals surface area contributed by atoms with Gasteiger partial charge in [-0.2, -0.15) is 8.42 Å². The summed E-state index contributed by atoms with van der Waals surface area (Å²) in [4.78, 5) is 0.0334. The van der Waals surface area contributed by atoms with Crippen molar-refractivity contribution in [1.82, 2.24) is 0 Å². The monoisotopic (exact) mass is 218 g/mol. The van der Waals surface area contributed by atoms with Gasteiger partial charge >= 0.3 is 0 Å². The van der Waals surface area contributed by atoms with Crippen molar-refractivity contribution in [2.24, 2.45) is 0 Å². The zero-order valence-electron chi connectivity index (χ0n) is 7.43. The SMILES string of the molecule is CP(C)c1ccccc1S(=O)(=O)O. The molecule has 1 aromatic carbocycles. The van der Waals surface area contributed by atoms with E-state index in [1.807, 2.05) is 13.3 Å². The zero-order chi connectivity index (χ0) is 10.1. The Hall–Kier alpha value is -0.440. The molecule has 0 radical (unpaired) electrons. The van der Waals surface area contributed by atoms with Gasteiger partial charge in [0, 0.05) is 0 Å². The molecule has 0 saturated carbocycles. The molecule has 0 amide bonds. The van der Waals surface area contributed by atoms with E-state index in [1.54, 1.807) is 18.2 Å². The average molecular weight is 218 g/mol. The lowest BCUT2D eigenvalue weighted by Crippen LogP contribution is -2.12. The van der Waals surface area contributed by atoms with E-state index in [1.165, 1.54) is 6.07 Å². The van der Waals surface area contributed by atoms with Gasteiger partial charge in [-0.15, -0.1) is 0 Å². The summed E-state index contributed by atoms with van der Waals surface area (Å²) in [6, 6.07) is 6.53. The highest BCUT2D eigenvalue weighted by Crippen LogP contribution is 2.27. The van der Waals surface area contributed by atoms with E-state index >= 15 is 0 Å². The zero-order valence-corrected chi connectivity index (χ0v) is 9.14. The van der Waals surface area contributed by atoms with Gasteiger partial charge in [0.25, 0.3) is 10.1 Å². The molecule has 1 aromatic rings. The van der Waals surface area contributed by atoms with Gasteiger partial charge in [0.15, 0.2) is 0 Å². The quantitative estimate of drug-likeness (QED) is 0.601. The van der Waals surface area contributed by atoms with Crippen LogP contribution in [0.3, 0.4) is 0 Å². The second kappa shape index (κ2) is 3.74. The van der Waals surface area contributed by atoms with Gasteiger partial charge in [0.05, 0.1) is 0 Å². The summed E-state index contributed by atoms with van der Waals surface area (Å²) < 4.78 is 30.7. The highest BCUT2D eigenvalue weighted by Gasteiger charge is 2.15. The van der Waals surface area contributed by atoms with Gasteiger partial charge < -0.3 is 0 Å². The molecule has 1 rings (SSSR count). The molecule has 0 saturated heterocycles. The molecule has 0 heterocycles. The van der Waals surface area contributed by atoms with E-state index in [0.717, 1.165) is 0 Å². The average Bonchev–Trinajstić information content (AvgIpc) is 2.03. The molecular formula is C8H11O3PS. The van der Waals surface area contributed by atoms with Crippen LogP contribution in [0.2, 0.25) is 0 Å². The highest BCUT2D eigenvalue weighted by atomic mass is 32.2. The van der Waals surface area contributed by atoms with Crippen LogP contribution in [-0.4, -0.2) is 26.3 Å². The van der Waals surface area contributed by atoms with Crippen LogP contribution in [0.1, 0.15) is 0 Å². The minimum Gasteiger partial charge on any atom is -0.282 e. The Morgan fingerprint density at radius 3 is 2.15 bits per heavy atom. The first-order valence-electron chi connectivity index (χ1n) is 3.67. The summed E-state index contributed by atoms with van der Waals surface area (Å²) in [7, 11) is -4.58. The van der Waals surface area contributed by atoms with Crippen molar-refractivity contribution >= 4 is 23.3 Å². The van der Waals surface area contributed by atoms with Crippen molar-refractivity contribution in [3.8, 4) is 0 Å². The highest BCUT2D eigenvalue weighted by molar-refractivity contribution is 7.86. The Kier molecular flexibility index (Phi) is 3.06. The fourth-order valence-corrected chi connectivity index (χ4v) is 3.42. The molecule has 1 N–H and O–H groups in total. The van der Waals surface area contributed by atoms with Crippen LogP contribution in [0.4, 0.5) is 0 Å². The maximum absolute atomic E-state index is 10.9. The van der Waals surface area contributed by atoms with Gasteiger partial charge in [0.2, 0.25) is 0 Å².